The Morgan fingerprint density at radius 2 is 1.78 bits per heavy atom. The average Bonchev–Trinajstić information content (AvgIpc) is 2.29. The minimum Gasteiger partial charge on any atom is -1.00 e. The number of hydrogen-bond acceptors (Lipinski definition) is 1. The topological polar surface area (TPSA) is 4.44 Å². The lowest BCUT2D eigenvalue weighted by molar-refractivity contribution is -0.884. The van der Waals surface area contributed by atoms with Crippen LogP contribution in [-0.4, -0.2) is 25.4 Å². The van der Waals surface area contributed by atoms with E-state index in [0.29, 0.717) is 0 Å². The lowest BCUT2D eigenvalue weighted by Crippen LogP contribution is -3.10. The molecule has 0 amide bonds. The summed E-state index contributed by atoms with van der Waals surface area (Å²) in [7, 11) is 2.29. The van der Waals surface area contributed by atoms with Crippen LogP contribution in [0.3, 0.4) is 0 Å². The van der Waals surface area contributed by atoms with Crippen LogP contribution in [0.2, 0.25) is 5.02 Å². The number of piperidine rings is 1. The van der Waals surface area contributed by atoms with Gasteiger partial charge in [0.1, 0.15) is 0 Å². The predicted molar refractivity (Wildman–Crippen MR) is 76.4 cm³/mol. The maximum Gasteiger partial charge on any atom is 0.0779 e. The fraction of sp³-hybridized carbons (Fsp3) is 0.571. The Morgan fingerprint density at radius 1 is 1.17 bits per heavy atom. The molecule has 0 aliphatic carbocycles. The summed E-state index contributed by atoms with van der Waals surface area (Å²) >= 11 is 8.18. The molecule has 0 unspecified atom stereocenters. The zero-order valence-corrected chi connectivity index (χ0v) is 13.6. The Bertz CT molecular complexity index is 401. The van der Waals surface area contributed by atoms with Crippen molar-refractivity contribution in [2.45, 2.75) is 36.8 Å². The van der Waals surface area contributed by atoms with Gasteiger partial charge in [-0.15, -0.1) is 11.8 Å². The van der Waals surface area contributed by atoms with Crippen molar-refractivity contribution in [1.29, 1.82) is 0 Å². The van der Waals surface area contributed by atoms with Crippen LogP contribution < -0.4 is 17.3 Å². The molecule has 0 atom stereocenters. The first-order valence-corrected chi connectivity index (χ1v) is 7.56. The highest BCUT2D eigenvalue weighted by Crippen LogP contribution is 2.33. The van der Waals surface area contributed by atoms with Crippen LogP contribution in [0.4, 0.5) is 0 Å². The van der Waals surface area contributed by atoms with Gasteiger partial charge in [-0.3, -0.25) is 0 Å². The Kier molecular flexibility index (Phi) is 6.32. The first-order chi connectivity index (χ1) is 8.06. The van der Waals surface area contributed by atoms with Gasteiger partial charge in [0.05, 0.1) is 20.1 Å². The molecular formula is C14H21Cl2NS. The number of nitrogens with one attached hydrogen (secondary N) is 1. The molecule has 0 bridgehead atoms. The Labute approximate surface area is 126 Å². The Balaban J connectivity index is 0.00000162. The van der Waals surface area contributed by atoms with Gasteiger partial charge in [0.15, 0.2) is 0 Å². The molecule has 0 radical (unpaired) electrons. The van der Waals surface area contributed by atoms with E-state index < -0.39 is 0 Å². The minimum absolute atomic E-state index is 0. The number of aryl methyl sites for hydroxylation is 2. The van der Waals surface area contributed by atoms with E-state index in [0.717, 1.165) is 10.3 Å². The lowest BCUT2D eigenvalue weighted by Gasteiger charge is -2.26. The molecule has 1 N–H and O–H groups in total. The smallest absolute Gasteiger partial charge is 0.0779 e. The van der Waals surface area contributed by atoms with E-state index in [1.54, 1.807) is 4.90 Å². The van der Waals surface area contributed by atoms with E-state index in [-0.39, 0.29) is 12.4 Å². The highest BCUT2D eigenvalue weighted by molar-refractivity contribution is 8.00. The van der Waals surface area contributed by atoms with Crippen molar-refractivity contribution in [3.63, 3.8) is 0 Å². The van der Waals surface area contributed by atoms with E-state index in [9.17, 15) is 0 Å². The van der Waals surface area contributed by atoms with E-state index in [1.807, 2.05) is 11.8 Å². The monoisotopic (exact) mass is 305 g/mol. The van der Waals surface area contributed by atoms with Crippen LogP contribution in [-0.2, 0) is 0 Å². The molecule has 1 aliphatic heterocycles. The second kappa shape index (κ2) is 7.04. The van der Waals surface area contributed by atoms with Gasteiger partial charge >= 0.3 is 0 Å². The van der Waals surface area contributed by atoms with Crippen molar-refractivity contribution in [3.05, 3.63) is 28.3 Å². The summed E-state index contributed by atoms with van der Waals surface area (Å²) in [6, 6.07) is 4.34. The van der Waals surface area contributed by atoms with Gasteiger partial charge < -0.3 is 17.3 Å². The molecule has 1 heterocycles. The zero-order valence-electron chi connectivity index (χ0n) is 11.2. The molecule has 1 saturated heterocycles. The van der Waals surface area contributed by atoms with Gasteiger partial charge in [-0.2, -0.15) is 0 Å². The zero-order chi connectivity index (χ0) is 12.4. The largest absolute Gasteiger partial charge is 1.00 e. The lowest BCUT2D eigenvalue weighted by atomic mass is 10.1. The number of rotatable bonds is 2. The molecule has 102 valence electrons. The summed E-state index contributed by atoms with van der Waals surface area (Å²) in [6.07, 6.45) is 2.66. The third-order valence-electron chi connectivity index (χ3n) is 3.54. The molecule has 2 rings (SSSR count). The molecule has 1 aromatic carbocycles. The van der Waals surface area contributed by atoms with Gasteiger partial charge in [-0.05, 0) is 37.1 Å². The summed E-state index contributed by atoms with van der Waals surface area (Å²) < 4.78 is 0. The molecular weight excluding hydrogens is 285 g/mol. The van der Waals surface area contributed by atoms with Crippen molar-refractivity contribution in [3.8, 4) is 0 Å². The molecule has 1 fully saturated rings. The molecule has 1 aliphatic rings. The summed E-state index contributed by atoms with van der Waals surface area (Å²) in [4.78, 5) is 3.09. The minimum atomic E-state index is 0. The Hall–Kier alpha value is 0.110. The van der Waals surface area contributed by atoms with Crippen LogP contribution in [0.15, 0.2) is 17.0 Å². The number of likely N-dealkylation sites (tertiary alicyclic amines) is 1. The van der Waals surface area contributed by atoms with E-state index in [2.05, 4.69) is 33.0 Å². The maximum absolute atomic E-state index is 6.14. The number of hydrogen-bond donors (Lipinski definition) is 1. The second-order valence-electron chi connectivity index (χ2n) is 5.14. The fourth-order valence-corrected chi connectivity index (χ4v) is 3.80. The molecule has 4 heteroatoms. The van der Waals surface area contributed by atoms with E-state index >= 15 is 0 Å². The first kappa shape index (κ1) is 16.2. The van der Waals surface area contributed by atoms with Crippen molar-refractivity contribution < 1.29 is 17.3 Å². The summed E-state index contributed by atoms with van der Waals surface area (Å²) in [5, 5.41) is 1.68. The Morgan fingerprint density at radius 3 is 2.39 bits per heavy atom. The van der Waals surface area contributed by atoms with Gasteiger partial charge in [-0.25, -0.2) is 0 Å². The van der Waals surface area contributed by atoms with Crippen molar-refractivity contribution in [1.82, 2.24) is 0 Å². The molecule has 0 aromatic heterocycles. The quantitative estimate of drug-likeness (QED) is 0.788. The molecule has 18 heavy (non-hydrogen) atoms. The summed E-state index contributed by atoms with van der Waals surface area (Å²) in [6.45, 7) is 6.87. The molecule has 0 saturated carbocycles. The third-order valence-corrected chi connectivity index (χ3v) is 5.44. The first-order valence-electron chi connectivity index (χ1n) is 6.31. The van der Waals surface area contributed by atoms with Crippen LogP contribution in [0.5, 0.6) is 0 Å². The van der Waals surface area contributed by atoms with E-state index in [1.165, 1.54) is 42.0 Å². The van der Waals surface area contributed by atoms with Crippen molar-refractivity contribution in [2.75, 3.05) is 20.1 Å². The number of thioether (sulfide) groups is 1. The summed E-state index contributed by atoms with van der Waals surface area (Å²) in [5.41, 5.74) is 2.51. The SMILES string of the molecule is Cc1cc(SC2CC[NH+](C)CC2)c(C)cc1Cl.[Cl-]. The molecule has 0 spiro atoms. The molecule has 1 nitrogen and oxygen atoms in total. The van der Waals surface area contributed by atoms with Crippen LogP contribution in [0, 0.1) is 13.8 Å². The van der Waals surface area contributed by atoms with Crippen LogP contribution in [0.25, 0.3) is 0 Å². The van der Waals surface area contributed by atoms with Gasteiger partial charge in [0.25, 0.3) is 0 Å². The van der Waals surface area contributed by atoms with Gasteiger partial charge in [0, 0.05) is 28.0 Å². The second-order valence-corrected chi connectivity index (χ2v) is 6.89. The van der Waals surface area contributed by atoms with E-state index in [4.69, 9.17) is 11.6 Å². The maximum atomic E-state index is 6.14. The predicted octanol–water partition coefficient (Wildman–Crippen LogP) is -0.270. The number of benzene rings is 1. The van der Waals surface area contributed by atoms with Gasteiger partial charge in [0.2, 0.25) is 0 Å². The van der Waals surface area contributed by atoms with Crippen molar-refractivity contribution in [2.24, 2.45) is 0 Å². The standard InChI is InChI=1S/C14H20ClNS.ClH/c1-10-9-14(11(2)8-13(10)15)17-12-4-6-16(3)7-5-12;/h8-9,12H,4-7H2,1-3H3;1H. The molecule has 1 aromatic rings. The number of halogens is 2. The summed E-state index contributed by atoms with van der Waals surface area (Å²) in [5.74, 6) is 0. The normalized spacial score (nSPS) is 23.6. The van der Waals surface area contributed by atoms with Crippen LogP contribution in [0.1, 0.15) is 24.0 Å². The third kappa shape index (κ3) is 4.06. The average molecular weight is 306 g/mol. The number of quaternary nitrogens is 1. The van der Waals surface area contributed by atoms with Gasteiger partial charge in [-0.1, -0.05) is 11.6 Å². The van der Waals surface area contributed by atoms with Crippen LogP contribution >= 0.6 is 23.4 Å². The highest BCUT2D eigenvalue weighted by atomic mass is 35.5. The van der Waals surface area contributed by atoms with Crippen molar-refractivity contribution >= 4 is 23.4 Å². The fourth-order valence-electron chi connectivity index (χ4n) is 2.26. The highest BCUT2D eigenvalue weighted by Gasteiger charge is 2.20.